The molecule has 45 heavy (non-hydrogen) atoms. The summed E-state index contributed by atoms with van der Waals surface area (Å²) in [5.74, 6) is -0.306. The Bertz CT molecular complexity index is 1530. The molecule has 0 radical (unpaired) electrons. The van der Waals surface area contributed by atoms with Gasteiger partial charge in [-0.25, -0.2) is 4.98 Å². The maximum atomic E-state index is 11.9. The third kappa shape index (κ3) is 8.01. The number of hydrogen-bond donors (Lipinski definition) is 2. The molecular weight excluding hydrogens is 570 g/mol. The summed E-state index contributed by atoms with van der Waals surface area (Å²) in [4.78, 5) is 30.0. The topological polar surface area (TPSA) is 126 Å². The molecule has 2 aliphatic heterocycles. The summed E-state index contributed by atoms with van der Waals surface area (Å²) in [6.07, 6.45) is 6.69. The highest BCUT2D eigenvalue weighted by molar-refractivity contribution is 6.12. The largest absolute Gasteiger partial charge is 0.488 e. The number of amides is 1. The Morgan fingerprint density at radius 1 is 1.27 bits per heavy atom. The Labute approximate surface area is 265 Å². The van der Waals surface area contributed by atoms with E-state index in [1.165, 1.54) is 18.2 Å². The number of aromatic nitrogens is 1. The van der Waals surface area contributed by atoms with E-state index in [0.717, 1.165) is 55.9 Å². The van der Waals surface area contributed by atoms with E-state index in [0.29, 0.717) is 36.1 Å². The van der Waals surface area contributed by atoms with Crippen molar-refractivity contribution >= 4 is 23.5 Å². The Kier molecular flexibility index (Phi) is 11.2. The molecule has 2 N–H and O–H groups in total. The lowest BCUT2D eigenvalue weighted by atomic mass is 9.77. The minimum atomic E-state index is -1.12. The summed E-state index contributed by atoms with van der Waals surface area (Å²) >= 11 is 0. The van der Waals surface area contributed by atoms with Crippen LogP contribution in [-0.2, 0) is 37.6 Å². The minimum Gasteiger partial charge on any atom is -0.488 e. The molecular formula is C35H43N5O5. The van der Waals surface area contributed by atoms with Gasteiger partial charge in [0, 0.05) is 54.7 Å². The molecule has 2 aliphatic rings. The van der Waals surface area contributed by atoms with Gasteiger partial charge in [0.05, 0.1) is 12.8 Å². The fraction of sp³-hybridized carbons (Fsp3) is 0.400. The van der Waals surface area contributed by atoms with E-state index in [-0.39, 0.29) is 16.9 Å². The Balaban J connectivity index is 1.60. The van der Waals surface area contributed by atoms with Crippen LogP contribution in [0.4, 0.5) is 5.82 Å². The number of anilines is 1. The summed E-state index contributed by atoms with van der Waals surface area (Å²) < 4.78 is 17.3. The predicted octanol–water partition coefficient (Wildman–Crippen LogP) is 6.65. The first-order chi connectivity index (χ1) is 21.6. The second-order valence-electron chi connectivity index (χ2n) is 12.0. The highest BCUT2D eigenvalue weighted by Crippen LogP contribution is 2.37. The lowest BCUT2D eigenvalue weighted by molar-refractivity contribution is -0.114. The van der Waals surface area contributed by atoms with Crippen LogP contribution in [0.1, 0.15) is 62.9 Å². The molecule has 10 heteroatoms. The first-order valence-electron chi connectivity index (χ1n) is 15.1. The molecule has 0 spiro atoms. The van der Waals surface area contributed by atoms with Crippen molar-refractivity contribution in [1.82, 2.24) is 9.88 Å². The maximum Gasteiger partial charge on any atom is 0.323 e. The van der Waals surface area contributed by atoms with Crippen LogP contribution in [0.25, 0.3) is 5.57 Å². The van der Waals surface area contributed by atoms with Gasteiger partial charge in [-0.1, -0.05) is 56.8 Å². The highest BCUT2D eigenvalue weighted by Gasteiger charge is 2.35. The van der Waals surface area contributed by atoms with Gasteiger partial charge in [0.2, 0.25) is 5.88 Å². The summed E-state index contributed by atoms with van der Waals surface area (Å²) in [5.41, 5.74) is 5.52. The second-order valence-corrected chi connectivity index (χ2v) is 12.0. The van der Waals surface area contributed by atoms with Crippen LogP contribution in [0.15, 0.2) is 83.1 Å². The Morgan fingerprint density at radius 2 is 2.02 bits per heavy atom. The Morgan fingerprint density at radius 3 is 2.67 bits per heavy atom. The van der Waals surface area contributed by atoms with Crippen molar-refractivity contribution in [1.29, 1.82) is 5.41 Å². The summed E-state index contributed by atoms with van der Waals surface area (Å²) in [6.45, 7) is 16.6. The lowest BCUT2D eigenvalue weighted by Crippen LogP contribution is -2.48. The molecule has 3 heterocycles. The zero-order chi connectivity index (χ0) is 32.6. The van der Waals surface area contributed by atoms with Crippen LogP contribution in [0.2, 0.25) is 0 Å². The number of carbonyl (C=O) groups excluding carboxylic acids is 1. The van der Waals surface area contributed by atoms with Crippen LogP contribution >= 0.6 is 0 Å². The van der Waals surface area contributed by atoms with E-state index >= 15 is 0 Å². The minimum absolute atomic E-state index is 0.00186. The molecule has 0 unspecified atom stereocenters. The van der Waals surface area contributed by atoms with Crippen molar-refractivity contribution in [2.24, 2.45) is 5.18 Å². The van der Waals surface area contributed by atoms with Crippen molar-refractivity contribution in [3.63, 3.8) is 0 Å². The molecule has 1 saturated heterocycles. The third-order valence-corrected chi connectivity index (χ3v) is 8.10. The van der Waals surface area contributed by atoms with E-state index in [1.54, 1.807) is 12.1 Å². The molecule has 238 valence electrons. The van der Waals surface area contributed by atoms with E-state index in [1.807, 2.05) is 32.1 Å². The number of benzene rings is 1. The molecule has 0 aliphatic carbocycles. The average Bonchev–Trinajstić information content (AvgIpc) is 3.04. The molecule has 0 atom stereocenters. The standard InChI is InChI=1S/C35H43N5O5/c1-7-9-27(30-10-8-11-31(37-30)38-34(43-6)28(19-36)33(41)39-42)32(23(2)3)45-21-24-12-13-25-20-40(26-14-16-44-17-15-26)22-35(4,5)29(25)18-24/h7-13,18-19,26,36H,2,14-17,20-22H2,1,3-6H3,(H,37,38)/b9-7-,32-27-,34-28-,36-19?. The van der Waals surface area contributed by atoms with Crippen LogP contribution in [0, 0.1) is 10.3 Å². The Hall–Kier alpha value is -4.41. The number of carbonyl (C=O) groups is 1. The van der Waals surface area contributed by atoms with Gasteiger partial charge in [-0.2, -0.15) is 0 Å². The van der Waals surface area contributed by atoms with Gasteiger partial charge >= 0.3 is 5.91 Å². The van der Waals surface area contributed by atoms with Gasteiger partial charge in [0.25, 0.3) is 0 Å². The smallest absolute Gasteiger partial charge is 0.323 e. The maximum absolute atomic E-state index is 11.9. The zero-order valence-electron chi connectivity index (χ0n) is 26.8. The summed E-state index contributed by atoms with van der Waals surface area (Å²) in [5, 5.41) is 12.8. The van der Waals surface area contributed by atoms with Gasteiger partial charge in [0.1, 0.15) is 23.8 Å². The van der Waals surface area contributed by atoms with Crippen molar-refractivity contribution < 1.29 is 19.0 Å². The fourth-order valence-corrected chi connectivity index (χ4v) is 5.96. The van der Waals surface area contributed by atoms with Crippen molar-refractivity contribution in [2.75, 3.05) is 32.2 Å². The van der Waals surface area contributed by atoms with Gasteiger partial charge in [-0.05, 0) is 61.1 Å². The van der Waals surface area contributed by atoms with E-state index < -0.39 is 5.91 Å². The van der Waals surface area contributed by atoms with Crippen molar-refractivity contribution in [2.45, 2.75) is 65.1 Å². The number of fused-ring (bicyclic) bond motifs is 1. The molecule has 2 aromatic rings. The van der Waals surface area contributed by atoms with Gasteiger partial charge in [0.15, 0.2) is 0 Å². The quantitative estimate of drug-likeness (QED) is 0.0896. The number of pyridine rings is 1. The molecule has 4 rings (SSSR count). The third-order valence-electron chi connectivity index (χ3n) is 8.10. The van der Waals surface area contributed by atoms with Crippen LogP contribution < -0.4 is 5.32 Å². The lowest BCUT2D eigenvalue weighted by Gasteiger charge is -2.44. The van der Waals surface area contributed by atoms with Gasteiger partial charge < -0.3 is 24.9 Å². The molecule has 10 nitrogen and oxygen atoms in total. The van der Waals surface area contributed by atoms with E-state index in [2.05, 4.69) is 54.0 Å². The normalized spacial score (nSPS) is 17.9. The number of nitroso groups, excluding NO2 is 1. The first kappa shape index (κ1) is 33.5. The number of hydrogen-bond acceptors (Lipinski definition) is 9. The predicted molar refractivity (Wildman–Crippen MR) is 177 cm³/mol. The molecule has 1 aromatic carbocycles. The van der Waals surface area contributed by atoms with Crippen molar-refractivity contribution in [3.8, 4) is 0 Å². The van der Waals surface area contributed by atoms with E-state index in [4.69, 9.17) is 24.6 Å². The molecule has 1 aromatic heterocycles. The molecule has 0 saturated carbocycles. The fourth-order valence-electron chi connectivity index (χ4n) is 5.96. The van der Waals surface area contributed by atoms with Crippen molar-refractivity contribution in [3.05, 3.63) is 105 Å². The number of nitrogens with one attached hydrogen (secondary N) is 2. The monoisotopic (exact) mass is 613 g/mol. The highest BCUT2D eigenvalue weighted by atomic mass is 16.5. The van der Waals surface area contributed by atoms with Crippen LogP contribution in [-0.4, -0.2) is 54.9 Å². The molecule has 0 bridgehead atoms. The molecule has 1 fully saturated rings. The SMILES string of the molecule is C=C(C)/C(OCc1ccc2c(c1)C(C)(C)CN(C1CCOCC1)C2)=C(\C=C/C)c1cccc(N/C(OC)=C(\C=N)C(=O)N=O)n1. The number of rotatable bonds is 12. The van der Waals surface area contributed by atoms with E-state index in [9.17, 15) is 9.70 Å². The summed E-state index contributed by atoms with van der Waals surface area (Å²) in [7, 11) is 1.32. The zero-order valence-corrected chi connectivity index (χ0v) is 26.8. The number of methoxy groups -OCH3 is 1. The second kappa shape index (κ2) is 15.0. The molecule has 1 amide bonds. The summed E-state index contributed by atoms with van der Waals surface area (Å²) in [6, 6.07) is 12.5. The van der Waals surface area contributed by atoms with Gasteiger partial charge in [-0.3, -0.25) is 9.69 Å². The first-order valence-corrected chi connectivity index (χ1v) is 15.1. The van der Waals surface area contributed by atoms with Crippen LogP contribution in [0.3, 0.4) is 0 Å². The number of allylic oxidation sites excluding steroid dienone is 4. The van der Waals surface area contributed by atoms with Crippen LogP contribution in [0.5, 0.6) is 0 Å². The van der Waals surface area contributed by atoms with Gasteiger partial charge in [-0.15, -0.1) is 4.91 Å². The number of nitrogens with zero attached hydrogens (tertiary/aromatic N) is 3. The number of ether oxygens (including phenoxy) is 3. The average molecular weight is 614 g/mol.